The first-order valence-electron chi connectivity index (χ1n) is 6.74. The number of aromatic nitrogens is 1. The lowest BCUT2D eigenvalue weighted by Crippen LogP contribution is -2.17. The Kier molecular flexibility index (Phi) is 4.96. The smallest absolute Gasteiger partial charge is 0.219 e. The first-order chi connectivity index (χ1) is 9.72. The highest BCUT2D eigenvalue weighted by atomic mass is 16.5. The third-order valence-corrected chi connectivity index (χ3v) is 3.05. The minimum Gasteiger partial charge on any atom is -0.497 e. The summed E-state index contributed by atoms with van der Waals surface area (Å²) in [4.78, 5) is 4.24. The van der Waals surface area contributed by atoms with Gasteiger partial charge in [0.1, 0.15) is 11.5 Å². The lowest BCUT2D eigenvalue weighted by Gasteiger charge is -2.13. The van der Waals surface area contributed by atoms with Crippen LogP contribution >= 0.6 is 0 Å². The molecule has 0 bridgehead atoms. The summed E-state index contributed by atoms with van der Waals surface area (Å²) in [5.41, 5.74) is 1.16. The fourth-order valence-electron chi connectivity index (χ4n) is 1.94. The fourth-order valence-corrected chi connectivity index (χ4v) is 1.94. The van der Waals surface area contributed by atoms with Crippen molar-refractivity contribution in [2.75, 3.05) is 13.7 Å². The van der Waals surface area contributed by atoms with Crippen LogP contribution in [0.15, 0.2) is 42.6 Å². The second-order valence-corrected chi connectivity index (χ2v) is 4.48. The first-order valence-corrected chi connectivity index (χ1v) is 6.74. The number of nitrogens with one attached hydrogen (secondary N) is 1. The molecule has 1 N–H and O–H groups in total. The van der Waals surface area contributed by atoms with Crippen LogP contribution in [0.25, 0.3) is 0 Å². The van der Waals surface area contributed by atoms with Gasteiger partial charge in [0.05, 0.1) is 7.11 Å². The van der Waals surface area contributed by atoms with E-state index in [1.54, 1.807) is 13.3 Å². The molecule has 1 atom stereocenters. The maximum Gasteiger partial charge on any atom is 0.219 e. The quantitative estimate of drug-likeness (QED) is 0.873. The molecule has 0 aliphatic carbocycles. The average Bonchev–Trinajstić information content (AvgIpc) is 2.48. The van der Waals surface area contributed by atoms with Gasteiger partial charge in [0.15, 0.2) is 0 Å². The Labute approximate surface area is 119 Å². The molecular weight excluding hydrogens is 252 g/mol. The molecule has 0 spiro atoms. The Morgan fingerprint density at radius 3 is 2.50 bits per heavy atom. The molecule has 0 radical (unpaired) electrons. The van der Waals surface area contributed by atoms with Crippen molar-refractivity contribution < 1.29 is 9.47 Å². The van der Waals surface area contributed by atoms with E-state index in [1.807, 2.05) is 36.4 Å². The molecule has 2 aromatic rings. The number of benzene rings is 1. The molecule has 4 nitrogen and oxygen atoms in total. The molecule has 1 heterocycles. The zero-order valence-electron chi connectivity index (χ0n) is 12.1. The van der Waals surface area contributed by atoms with Crippen molar-refractivity contribution in [2.45, 2.75) is 19.9 Å². The van der Waals surface area contributed by atoms with Crippen molar-refractivity contribution >= 4 is 0 Å². The number of nitrogens with zero attached hydrogens (tertiary/aromatic N) is 1. The number of ether oxygens (including phenoxy) is 2. The largest absolute Gasteiger partial charge is 0.497 e. The van der Waals surface area contributed by atoms with Gasteiger partial charge in [-0.1, -0.05) is 6.92 Å². The van der Waals surface area contributed by atoms with Crippen molar-refractivity contribution in [3.63, 3.8) is 0 Å². The van der Waals surface area contributed by atoms with E-state index in [0.717, 1.165) is 23.6 Å². The van der Waals surface area contributed by atoms with Gasteiger partial charge in [0.2, 0.25) is 5.88 Å². The van der Waals surface area contributed by atoms with Gasteiger partial charge in [-0.3, -0.25) is 0 Å². The van der Waals surface area contributed by atoms with E-state index in [0.29, 0.717) is 5.88 Å². The predicted molar refractivity (Wildman–Crippen MR) is 79.4 cm³/mol. The van der Waals surface area contributed by atoms with Crippen molar-refractivity contribution in [1.29, 1.82) is 0 Å². The second kappa shape index (κ2) is 6.91. The molecular formula is C16H20N2O2. The maximum atomic E-state index is 5.75. The van der Waals surface area contributed by atoms with Crippen LogP contribution in [0.2, 0.25) is 0 Å². The van der Waals surface area contributed by atoms with Crippen LogP contribution in [0.1, 0.15) is 25.5 Å². The van der Waals surface area contributed by atoms with Gasteiger partial charge in [0, 0.05) is 18.3 Å². The molecule has 0 aliphatic heterocycles. The summed E-state index contributed by atoms with van der Waals surface area (Å²) in [6.45, 7) is 5.14. The van der Waals surface area contributed by atoms with Crippen LogP contribution in [-0.4, -0.2) is 18.6 Å². The first kappa shape index (κ1) is 14.3. The molecule has 0 saturated heterocycles. The van der Waals surface area contributed by atoms with Crippen molar-refractivity contribution in [2.24, 2.45) is 0 Å². The van der Waals surface area contributed by atoms with Crippen LogP contribution in [0.5, 0.6) is 17.4 Å². The Morgan fingerprint density at radius 1 is 1.15 bits per heavy atom. The Morgan fingerprint density at radius 2 is 1.85 bits per heavy atom. The standard InChI is InChI=1S/C16H20N2O2/c1-4-17-12(2)13-9-10-18-16(11-13)20-15-7-5-14(19-3)6-8-15/h5-12,17H,4H2,1-3H3. The molecule has 106 valence electrons. The van der Waals surface area contributed by atoms with Gasteiger partial charge in [0.25, 0.3) is 0 Å². The molecule has 1 aromatic carbocycles. The van der Waals surface area contributed by atoms with E-state index < -0.39 is 0 Å². The zero-order chi connectivity index (χ0) is 14.4. The second-order valence-electron chi connectivity index (χ2n) is 4.48. The normalized spacial score (nSPS) is 11.9. The summed E-state index contributed by atoms with van der Waals surface area (Å²) in [6.07, 6.45) is 1.77. The average molecular weight is 272 g/mol. The molecule has 0 fully saturated rings. The van der Waals surface area contributed by atoms with Crippen LogP contribution in [0, 0.1) is 0 Å². The highest BCUT2D eigenvalue weighted by Gasteiger charge is 2.06. The van der Waals surface area contributed by atoms with Gasteiger partial charge in [-0.25, -0.2) is 4.98 Å². The molecule has 4 heteroatoms. The Hall–Kier alpha value is -2.07. The van der Waals surface area contributed by atoms with Crippen LogP contribution in [0.3, 0.4) is 0 Å². The molecule has 0 amide bonds. The molecule has 0 aliphatic rings. The number of hydrogen-bond donors (Lipinski definition) is 1. The molecule has 2 rings (SSSR count). The third-order valence-electron chi connectivity index (χ3n) is 3.05. The molecule has 0 saturated carbocycles. The minimum atomic E-state index is 0.279. The van der Waals surface area contributed by atoms with Gasteiger partial charge in [-0.2, -0.15) is 0 Å². The van der Waals surface area contributed by atoms with Gasteiger partial charge in [-0.05, 0) is 49.4 Å². The summed E-state index contributed by atoms with van der Waals surface area (Å²) in [6, 6.07) is 11.7. The highest BCUT2D eigenvalue weighted by molar-refractivity contribution is 5.34. The van der Waals surface area contributed by atoms with Gasteiger partial charge < -0.3 is 14.8 Å². The SMILES string of the molecule is CCNC(C)c1ccnc(Oc2ccc(OC)cc2)c1. The fraction of sp³-hybridized carbons (Fsp3) is 0.312. The minimum absolute atomic E-state index is 0.279. The van der Waals surface area contributed by atoms with E-state index in [-0.39, 0.29) is 6.04 Å². The van der Waals surface area contributed by atoms with Crippen LogP contribution in [-0.2, 0) is 0 Å². The van der Waals surface area contributed by atoms with E-state index in [4.69, 9.17) is 9.47 Å². The van der Waals surface area contributed by atoms with Gasteiger partial charge >= 0.3 is 0 Å². The molecule has 20 heavy (non-hydrogen) atoms. The highest BCUT2D eigenvalue weighted by Crippen LogP contribution is 2.24. The van der Waals surface area contributed by atoms with Crippen LogP contribution in [0.4, 0.5) is 0 Å². The number of pyridine rings is 1. The van der Waals surface area contributed by atoms with E-state index in [9.17, 15) is 0 Å². The van der Waals surface area contributed by atoms with E-state index in [1.165, 1.54) is 0 Å². The monoisotopic (exact) mass is 272 g/mol. The topological polar surface area (TPSA) is 43.4 Å². The van der Waals surface area contributed by atoms with Crippen molar-refractivity contribution in [1.82, 2.24) is 10.3 Å². The van der Waals surface area contributed by atoms with Gasteiger partial charge in [-0.15, -0.1) is 0 Å². The summed E-state index contributed by atoms with van der Waals surface area (Å²) in [5, 5.41) is 3.37. The van der Waals surface area contributed by atoms with Crippen molar-refractivity contribution in [3.05, 3.63) is 48.2 Å². The van der Waals surface area contributed by atoms with Crippen LogP contribution < -0.4 is 14.8 Å². The summed E-state index contributed by atoms with van der Waals surface area (Å²) in [7, 11) is 1.64. The third kappa shape index (κ3) is 3.71. The summed E-state index contributed by atoms with van der Waals surface area (Å²) >= 11 is 0. The summed E-state index contributed by atoms with van der Waals surface area (Å²) < 4.78 is 10.9. The lowest BCUT2D eigenvalue weighted by molar-refractivity contribution is 0.412. The molecule has 1 unspecified atom stereocenters. The Bertz CT molecular complexity index is 540. The predicted octanol–water partition coefficient (Wildman–Crippen LogP) is 3.55. The van der Waals surface area contributed by atoms with E-state index in [2.05, 4.69) is 24.1 Å². The number of hydrogen-bond acceptors (Lipinski definition) is 4. The summed E-state index contributed by atoms with van der Waals surface area (Å²) in [5.74, 6) is 2.14. The number of methoxy groups -OCH3 is 1. The van der Waals surface area contributed by atoms with E-state index >= 15 is 0 Å². The Balaban J connectivity index is 2.10. The maximum absolute atomic E-state index is 5.75. The lowest BCUT2D eigenvalue weighted by atomic mass is 10.1. The number of rotatable bonds is 6. The van der Waals surface area contributed by atoms with Crippen molar-refractivity contribution in [3.8, 4) is 17.4 Å². The zero-order valence-corrected chi connectivity index (χ0v) is 12.1. The molecule has 1 aromatic heterocycles.